The highest BCUT2D eigenvalue weighted by molar-refractivity contribution is 5.89. The van der Waals surface area contributed by atoms with Gasteiger partial charge in [-0.1, -0.05) is 84.0 Å². The summed E-state index contributed by atoms with van der Waals surface area (Å²) in [6.45, 7) is 0.986. The van der Waals surface area contributed by atoms with Crippen LogP contribution in [-0.2, 0) is 11.3 Å². The predicted molar refractivity (Wildman–Crippen MR) is 136 cm³/mol. The van der Waals surface area contributed by atoms with E-state index in [2.05, 4.69) is 45.1 Å². The number of rotatable bonds is 7. The largest absolute Gasteiger partial charge is 0.394 e. The van der Waals surface area contributed by atoms with Gasteiger partial charge in [-0.3, -0.25) is 4.79 Å². The molecule has 3 atom stereocenters. The van der Waals surface area contributed by atoms with Crippen LogP contribution in [0.5, 0.6) is 0 Å². The van der Waals surface area contributed by atoms with Crippen LogP contribution in [0, 0.1) is 0 Å². The lowest BCUT2D eigenvalue weighted by Gasteiger charge is -2.40. The van der Waals surface area contributed by atoms with Crippen LogP contribution in [0.15, 0.2) is 96.2 Å². The molecule has 0 bridgehead atoms. The number of aromatic nitrogens is 1. The van der Waals surface area contributed by atoms with Gasteiger partial charge < -0.3 is 14.6 Å². The number of hydrogen-bond acceptors (Lipinski definition) is 3. The Morgan fingerprint density at radius 3 is 2.40 bits per heavy atom. The Morgan fingerprint density at radius 2 is 1.69 bits per heavy atom. The normalized spacial score (nSPS) is 18.9. The first-order valence-electron chi connectivity index (χ1n) is 11.8. The zero-order valence-electron chi connectivity index (χ0n) is 19.3. The first kappa shape index (κ1) is 22.7. The number of amides is 1. The molecule has 1 aliphatic heterocycles. The molecule has 0 saturated carbocycles. The van der Waals surface area contributed by atoms with Crippen LogP contribution in [0.4, 0.5) is 0 Å². The second-order valence-electron chi connectivity index (χ2n) is 8.90. The van der Waals surface area contributed by atoms with Gasteiger partial charge in [-0.05, 0) is 34.7 Å². The highest BCUT2D eigenvalue weighted by atomic mass is 16.3. The van der Waals surface area contributed by atoms with E-state index in [9.17, 15) is 15.4 Å². The predicted octanol–water partition coefficient (Wildman–Crippen LogP) is 5.42. The fourth-order valence-electron chi connectivity index (χ4n) is 5.25. The van der Waals surface area contributed by atoms with Crippen molar-refractivity contribution in [3.8, 4) is 0 Å². The summed E-state index contributed by atoms with van der Waals surface area (Å²) >= 11 is 0. The molecular formula is C28H27N5O2. The number of piperidine rings is 1. The maximum absolute atomic E-state index is 13.6. The van der Waals surface area contributed by atoms with Crippen molar-refractivity contribution in [2.24, 2.45) is 5.11 Å². The van der Waals surface area contributed by atoms with Crippen LogP contribution in [0.3, 0.4) is 0 Å². The number of carbonyl (C=O) groups excluding carboxylic acids is 1. The van der Waals surface area contributed by atoms with Crippen LogP contribution < -0.4 is 0 Å². The fraction of sp³-hybridized carbons (Fsp3) is 0.250. The lowest BCUT2D eigenvalue weighted by Crippen LogP contribution is -2.49. The molecule has 1 aliphatic rings. The SMILES string of the molecule is [N-]=[N+]=N[C@@H]1C(=O)N([C@@H](CO)c2ccccc2)CC[C@H]1c1cn(Cc2ccccc2)c2ccccc12. The Bertz CT molecular complexity index is 1360. The molecule has 1 saturated heterocycles. The van der Waals surface area contributed by atoms with E-state index in [0.29, 0.717) is 19.5 Å². The zero-order valence-corrected chi connectivity index (χ0v) is 19.3. The molecule has 1 amide bonds. The van der Waals surface area contributed by atoms with Gasteiger partial charge >= 0.3 is 0 Å². The third-order valence-electron chi connectivity index (χ3n) is 6.92. The Hall–Kier alpha value is -4.06. The average molecular weight is 466 g/mol. The summed E-state index contributed by atoms with van der Waals surface area (Å²) in [5, 5.41) is 15.2. The van der Waals surface area contributed by atoms with Gasteiger partial charge in [0.05, 0.1) is 12.6 Å². The van der Waals surface area contributed by atoms with Gasteiger partial charge in [0.2, 0.25) is 5.91 Å². The highest BCUT2D eigenvalue weighted by Gasteiger charge is 2.40. The average Bonchev–Trinajstić information content (AvgIpc) is 3.26. The molecule has 7 nitrogen and oxygen atoms in total. The molecule has 0 aliphatic carbocycles. The molecule has 0 unspecified atom stereocenters. The molecule has 1 aromatic heterocycles. The van der Waals surface area contributed by atoms with Gasteiger partial charge in [0.25, 0.3) is 0 Å². The van der Waals surface area contributed by atoms with Crippen molar-refractivity contribution in [3.63, 3.8) is 0 Å². The van der Waals surface area contributed by atoms with Crippen LogP contribution in [0.2, 0.25) is 0 Å². The number of likely N-dealkylation sites (tertiary alicyclic amines) is 1. The number of azide groups is 1. The summed E-state index contributed by atoms with van der Waals surface area (Å²) in [5.41, 5.74) is 13.5. The third-order valence-corrected chi connectivity index (χ3v) is 6.92. The van der Waals surface area contributed by atoms with E-state index in [-0.39, 0.29) is 18.4 Å². The van der Waals surface area contributed by atoms with Crippen molar-refractivity contribution in [2.45, 2.75) is 31.0 Å². The van der Waals surface area contributed by atoms with Crippen LogP contribution in [0.25, 0.3) is 21.3 Å². The molecule has 4 aromatic rings. The molecule has 3 aromatic carbocycles. The summed E-state index contributed by atoms with van der Waals surface area (Å²) in [4.78, 5) is 18.4. The minimum Gasteiger partial charge on any atom is -0.394 e. The maximum Gasteiger partial charge on any atom is 0.232 e. The Kier molecular flexibility index (Phi) is 6.53. The number of hydrogen-bond donors (Lipinski definition) is 1. The van der Waals surface area contributed by atoms with E-state index in [1.165, 1.54) is 5.56 Å². The molecule has 35 heavy (non-hydrogen) atoms. The number of fused-ring (bicyclic) bond motifs is 1. The topological polar surface area (TPSA) is 94.2 Å². The van der Waals surface area contributed by atoms with E-state index in [1.54, 1.807) is 4.90 Å². The number of benzene rings is 3. The summed E-state index contributed by atoms with van der Waals surface area (Å²) < 4.78 is 2.20. The van der Waals surface area contributed by atoms with Crippen molar-refractivity contribution >= 4 is 16.8 Å². The molecule has 176 valence electrons. The van der Waals surface area contributed by atoms with Crippen LogP contribution in [-0.4, -0.2) is 39.7 Å². The fourth-order valence-corrected chi connectivity index (χ4v) is 5.25. The molecule has 0 spiro atoms. The van der Waals surface area contributed by atoms with E-state index in [0.717, 1.165) is 22.0 Å². The van der Waals surface area contributed by atoms with Crippen molar-refractivity contribution < 1.29 is 9.90 Å². The van der Waals surface area contributed by atoms with Crippen LogP contribution in [0.1, 0.15) is 35.1 Å². The molecule has 1 N–H and O–H groups in total. The Balaban J connectivity index is 1.51. The molecule has 2 heterocycles. The van der Waals surface area contributed by atoms with Gasteiger partial charge in [-0.15, -0.1) is 0 Å². The molecule has 0 radical (unpaired) electrons. The van der Waals surface area contributed by atoms with Gasteiger partial charge in [-0.2, -0.15) is 0 Å². The minimum atomic E-state index is -0.873. The number of aliphatic hydroxyl groups excluding tert-OH is 1. The van der Waals surface area contributed by atoms with E-state index in [1.807, 2.05) is 60.7 Å². The van der Waals surface area contributed by atoms with Crippen molar-refractivity contribution in [1.82, 2.24) is 9.47 Å². The monoisotopic (exact) mass is 465 g/mol. The summed E-state index contributed by atoms with van der Waals surface area (Å²) in [6.07, 6.45) is 2.74. The summed E-state index contributed by atoms with van der Waals surface area (Å²) in [6, 6.07) is 26.5. The number of aliphatic hydroxyl groups is 1. The molecular weight excluding hydrogens is 438 g/mol. The number of nitrogens with zero attached hydrogens (tertiary/aromatic N) is 5. The minimum absolute atomic E-state index is 0.195. The van der Waals surface area contributed by atoms with Gasteiger partial charge in [0.1, 0.15) is 6.04 Å². The van der Waals surface area contributed by atoms with Crippen molar-refractivity contribution in [3.05, 3.63) is 118 Å². The van der Waals surface area contributed by atoms with Gasteiger partial charge in [0, 0.05) is 41.0 Å². The standard InChI is InChI=1S/C28H27N5O2/c29-31-30-27-23(15-16-33(28(27)35)26(19-34)21-11-5-2-6-12-21)24-18-32(17-20-9-3-1-4-10-20)25-14-8-7-13-22(24)25/h1-14,18,23,26-27,34H,15-17,19H2/t23-,26-,27-/m0/s1. The third kappa shape index (κ3) is 4.39. The first-order chi connectivity index (χ1) is 17.2. The maximum atomic E-state index is 13.6. The van der Waals surface area contributed by atoms with Crippen molar-refractivity contribution in [1.29, 1.82) is 0 Å². The molecule has 5 rings (SSSR count). The Morgan fingerprint density at radius 1 is 1.00 bits per heavy atom. The first-order valence-corrected chi connectivity index (χ1v) is 11.8. The lowest BCUT2D eigenvalue weighted by atomic mass is 9.84. The second kappa shape index (κ2) is 10.1. The Labute approximate surface area is 203 Å². The van der Waals surface area contributed by atoms with E-state index < -0.39 is 12.1 Å². The molecule has 7 heteroatoms. The lowest BCUT2D eigenvalue weighted by molar-refractivity contribution is -0.139. The quantitative estimate of drug-likeness (QED) is 0.224. The smallest absolute Gasteiger partial charge is 0.232 e. The summed E-state index contributed by atoms with van der Waals surface area (Å²) in [5.74, 6) is -0.492. The van der Waals surface area contributed by atoms with Gasteiger partial charge in [0.15, 0.2) is 0 Å². The zero-order chi connectivity index (χ0) is 24.2. The highest BCUT2D eigenvalue weighted by Crippen LogP contribution is 2.39. The number of carbonyl (C=O) groups is 1. The van der Waals surface area contributed by atoms with Gasteiger partial charge in [-0.25, -0.2) is 0 Å². The van der Waals surface area contributed by atoms with Crippen molar-refractivity contribution in [2.75, 3.05) is 13.2 Å². The second-order valence-corrected chi connectivity index (χ2v) is 8.90. The summed E-state index contributed by atoms with van der Waals surface area (Å²) in [7, 11) is 0. The van der Waals surface area contributed by atoms with E-state index in [4.69, 9.17) is 0 Å². The van der Waals surface area contributed by atoms with Crippen LogP contribution >= 0.6 is 0 Å². The number of para-hydroxylation sites is 1. The molecule has 1 fully saturated rings. The van der Waals surface area contributed by atoms with E-state index >= 15 is 0 Å².